The molecule has 0 saturated carbocycles. The first-order valence-corrected chi connectivity index (χ1v) is 4.98. The Morgan fingerprint density at radius 1 is 1.18 bits per heavy atom. The molecule has 0 amide bonds. The fourth-order valence-corrected chi connectivity index (χ4v) is 1.39. The minimum atomic E-state index is -0.355. The molecule has 17 heavy (non-hydrogen) atoms. The van der Waals surface area contributed by atoms with E-state index in [0.717, 1.165) is 0 Å². The van der Waals surface area contributed by atoms with Crippen LogP contribution in [0, 0.1) is 0 Å². The molecular weight excluding hydrogens is 220 g/mol. The first-order valence-electron chi connectivity index (χ1n) is 4.98. The van der Waals surface area contributed by atoms with Crippen LogP contribution in [0.1, 0.15) is 27.5 Å². The zero-order valence-corrected chi connectivity index (χ0v) is 9.20. The third-order valence-electron chi connectivity index (χ3n) is 2.24. The lowest BCUT2D eigenvalue weighted by Gasteiger charge is -2.00. The molecular formula is C11H10N4O2. The fraction of sp³-hybridized carbons (Fsp3) is 0.182. The van der Waals surface area contributed by atoms with Crippen molar-refractivity contribution in [3.05, 3.63) is 42.5 Å². The quantitative estimate of drug-likeness (QED) is 0.569. The molecule has 0 bridgehead atoms. The lowest BCUT2D eigenvalue weighted by atomic mass is 10.1. The van der Waals surface area contributed by atoms with E-state index < -0.39 is 0 Å². The summed E-state index contributed by atoms with van der Waals surface area (Å²) in [5.41, 5.74) is 0.190. The highest BCUT2D eigenvalue weighted by molar-refractivity contribution is 6.11. The number of rotatable bonds is 4. The molecule has 2 rings (SSSR count). The average molecular weight is 230 g/mol. The van der Waals surface area contributed by atoms with Gasteiger partial charge in [0.2, 0.25) is 5.78 Å². The van der Waals surface area contributed by atoms with Crippen LogP contribution in [-0.4, -0.2) is 31.1 Å². The normalized spacial score (nSPS) is 10.2. The van der Waals surface area contributed by atoms with E-state index in [1.807, 2.05) is 0 Å². The number of imidazole rings is 1. The minimum absolute atomic E-state index is 0.190. The maximum absolute atomic E-state index is 11.8. The molecule has 0 unspecified atom stereocenters. The van der Waals surface area contributed by atoms with E-state index in [1.54, 1.807) is 17.8 Å². The summed E-state index contributed by atoms with van der Waals surface area (Å²) in [5, 5.41) is 0. The Balaban J connectivity index is 2.10. The molecule has 6 nitrogen and oxygen atoms in total. The van der Waals surface area contributed by atoms with E-state index in [-0.39, 0.29) is 29.5 Å². The van der Waals surface area contributed by atoms with Crippen LogP contribution in [0.15, 0.2) is 31.0 Å². The Kier molecular flexibility index (Phi) is 3.04. The molecule has 0 N–H and O–H groups in total. The molecule has 0 aliphatic heterocycles. The van der Waals surface area contributed by atoms with Crippen LogP contribution in [0.5, 0.6) is 0 Å². The van der Waals surface area contributed by atoms with E-state index in [1.165, 1.54) is 24.8 Å². The SMILES string of the molecule is Cn1ccnc1C(=O)CC(=O)c1cnccn1. The van der Waals surface area contributed by atoms with Crippen LogP contribution in [0.4, 0.5) is 0 Å². The van der Waals surface area contributed by atoms with E-state index in [4.69, 9.17) is 0 Å². The lowest BCUT2D eigenvalue weighted by molar-refractivity contribution is 0.0884. The second-order valence-electron chi connectivity index (χ2n) is 3.48. The molecule has 0 radical (unpaired) electrons. The van der Waals surface area contributed by atoms with Gasteiger partial charge in [-0.3, -0.25) is 14.6 Å². The Hall–Kier alpha value is -2.37. The summed E-state index contributed by atoms with van der Waals surface area (Å²) in [6.07, 6.45) is 7.15. The van der Waals surface area contributed by atoms with Crippen LogP contribution in [0.3, 0.4) is 0 Å². The number of carbonyl (C=O) groups excluding carboxylic acids is 2. The van der Waals surface area contributed by atoms with E-state index >= 15 is 0 Å². The minimum Gasteiger partial charge on any atom is -0.332 e. The molecule has 2 heterocycles. The average Bonchev–Trinajstić information content (AvgIpc) is 2.76. The summed E-state index contributed by atoms with van der Waals surface area (Å²) in [5.74, 6) is -0.415. The Labute approximate surface area is 97.3 Å². The van der Waals surface area contributed by atoms with Gasteiger partial charge in [0.15, 0.2) is 11.6 Å². The Morgan fingerprint density at radius 3 is 2.59 bits per heavy atom. The summed E-state index contributed by atoms with van der Waals surface area (Å²) in [7, 11) is 1.70. The van der Waals surface area contributed by atoms with Crippen molar-refractivity contribution < 1.29 is 9.59 Å². The molecule has 0 aromatic carbocycles. The number of aromatic nitrogens is 4. The third-order valence-corrected chi connectivity index (χ3v) is 2.24. The summed E-state index contributed by atoms with van der Waals surface area (Å²) in [4.78, 5) is 35.0. The highest BCUT2D eigenvalue weighted by atomic mass is 16.1. The summed E-state index contributed by atoms with van der Waals surface area (Å²) < 4.78 is 1.58. The second-order valence-corrected chi connectivity index (χ2v) is 3.48. The van der Waals surface area contributed by atoms with Crippen LogP contribution in [0.25, 0.3) is 0 Å². The van der Waals surface area contributed by atoms with Gasteiger partial charge in [-0.15, -0.1) is 0 Å². The zero-order chi connectivity index (χ0) is 12.3. The predicted molar refractivity (Wildman–Crippen MR) is 58.5 cm³/mol. The monoisotopic (exact) mass is 230 g/mol. The summed E-state index contributed by atoms with van der Waals surface area (Å²) in [6, 6.07) is 0. The molecule has 0 atom stereocenters. The van der Waals surface area contributed by atoms with Crippen molar-refractivity contribution in [3.8, 4) is 0 Å². The van der Waals surface area contributed by atoms with Gasteiger partial charge in [0.25, 0.3) is 0 Å². The summed E-state index contributed by atoms with van der Waals surface area (Å²) in [6.45, 7) is 0. The van der Waals surface area contributed by atoms with Gasteiger partial charge < -0.3 is 4.57 Å². The first-order chi connectivity index (χ1) is 8.18. The van der Waals surface area contributed by atoms with E-state index in [0.29, 0.717) is 0 Å². The predicted octanol–water partition coefficient (Wildman–Crippen LogP) is 0.666. The number of aryl methyl sites for hydroxylation is 1. The number of carbonyl (C=O) groups is 2. The van der Waals surface area contributed by atoms with Crippen LogP contribution >= 0.6 is 0 Å². The standard InChI is InChI=1S/C11H10N4O2/c1-15-5-4-14-11(15)10(17)6-9(16)8-7-12-2-3-13-8/h2-5,7H,6H2,1H3. The first kappa shape index (κ1) is 11.1. The second kappa shape index (κ2) is 4.65. The molecule has 6 heteroatoms. The molecule has 86 valence electrons. The van der Waals surface area contributed by atoms with Crippen LogP contribution in [-0.2, 0) is 7.05 Å². The maximum atomic E-state index is 11.8. The van der Waals surface area contributed by atoms with Crippen molar-refractivity contribution in [3.63, 3.8) is 0 Å². The van der Waals surface area contributed by atoms with Gasteiger partial charge in [0, 0.05) is 31.8 Å². The van der Waals surface area contributed by atoms with E-state index in [2.05, 4.69) is 15.0 Å². The fourth-order valence-electron chi connectivity index (χ4n) is 1.39. The van der Waals surface area contributed by atoms with Gasteiger partial charge >= 0.3 is 0 Å². The van der Waals surface area contributed by atoms with Crippen LogP contribution < -0.4 is 0 Å². The molecule has 0 saturated heterocycles. The van der Waals surface area contributed by atoms with Gasteiger partial charge in [-0.25, -0.2) is 9.97 Å². The highest BCUT2D eigenvalue weighted by Gasteiger charge is 2.17. The smallest absolute Gasteiger partial charge is 0.206 e. The lowest BCUT2D eigenvalue weighted by Crippen LogP contribution is -2.13. The topological polar surface area (TPSA) is 77.7 Å². The van der Waals surface area contributed by atoms with Gasteiger partial charge in [-0.1, -0.05) is 0 Å². The van der Waals surface area contributed by atoms with Crippen molar-refractivity contribution in [2.75, 3.05) is 0 Å². The Morgan fingerprint density at radius 2 is 2.00 bits per heavy atom. The zero-order valence-electron chi connectivity index (χ0n) is 9.20. The molecule has 0 fully saturated rings. The molecule has 0 spiro atoms. The molecule has 0 aliphatic carbocycles. The number of ketones is 2. The highest BCUT2D eigenvalue weighted by Crippen LogP contribution is 2.04. The number of hydrogen-bond donors (Lipinski definition) is 0. The maximum Gasteiger partial charge on any atom is 0.206 e. The number of hydrogen-bond acceptors (Lipinski definition) is 5. The van der Waals surface area contributed by atoms with Crippen molar-refractivity contribution in [1.82, 2.24) is 19.5 Å². The van der Waals surface area contributed by atoms with Gasteiger partial charge in [-0.05, 0) is 0 Å². The van der Waals surface area contributed by atoms with Crippen LogP contribution in [0.2, 0.25) is 0 Å². The molecule has 2 aromatic rings. The molecule has 2 aromatic heterocycles. The van der Waals surface area contributed by atoms with E-state index in [9.17, 15) is 9.59 Å². The van der Waals surface area contributed by atoms with Gasteiger partial charge in [0.1, 0.15) is 5.69 Å². The molecule has 0 aliphatic rings. The Bertz CT molecular complexity index is 548. The number of nitrogens with zero attached hydrogens (tertiary/aromatic N) is 4. The van der Waals surface area contributed by atoms with Gasteiger partial charge in [-0.2, -0.15) is 0 Å². The summed E-state index contributed by atoms with van der Waals surface area (Å²) >= 11 is 0. The number of Topliss-reactive ketones (excluding diaryl/α,β-unsaturated/α-hetero) is 2. The van der Waals surface area contributed by atoms with Crippen molar-refractivity contribution in [1.29, 1.82) is 0 Å². The van der Waals surface area contributed by atoms with Gasteiger partial charge in [0.05, 0.1) is 12.6 Å². The third kappa shape index (κ3) is 2.41. The van der Waals surface area contributed by atoms with Crippen molar-refractivity contribution in [2.24, 2.45) is 7.05 Å². The van der Waals surface area contributed by atoms with Crippen molar-refractivity contribution in [2.45, 2.75) is 6.42 Å². The largest absolute Gasteiger partial charge is 0.332 e. The van der Waals surface area contributed by atoms with Crippen molar-refractivity contribution >= 4 is 11.6 Å².